The highest BCUT2D eigenvalue weighted by atomic mass is 32.2. The van der Waals surface area contributed by atoms with Gasteiger partial charge in [0.1, 0.15) is 0 Å². The van der Waals surface area contributed by atoms with Gasteiger partial charge < -0.3 is 9.47 Å². The average molecular weight is 411 g/mol. The zero-order valence-electron chi connectivity index (χ0n) is 15.3. The van der Waals surface area contributed by atoms with Crippen molar-refractivity contribution in [1.82, 2.24) is 5.32 Å². The van der Waals surface area contributed by atoms with Gasteiger partial charge in [-0.2, -0.15) is 5.10 Å². The second-order valence-electron chi connectivity index (χ2n) is 5.61. The fourth-order valence-corrected chi connectivity index (χ4v) is 2.85. The van der Waals surface area contributed by atoms with Crippen molar-refractivity contribution in [2.45, 2.75) is 26.2 Å². The molecule has 1 heterocycles. The van der Waals surface area contributed by atoms with E-state index in [4.69, 9.17) is 4.74 Å². The SMILES string of the molecule is CCCCCOc1c(F)cc(C=N/N=C2/NC(=O)/C(=C\C(=O)OC)S2)cc1F. The third kappa shape index (κ3) is 6.15. The molecule has 28 heavy (non-hydrogen) atoms. The van der Waals surface area contributed by atoms with Crippen LogP contribution in [0.15, 0.2) is 33.3 Å². The molecule has 1 aromatic rings. The van der Waals surface area contributed by atoms with Crippen LogP contribution < -0.4 is 10.1 Å². The number of ether oxygens (including phenoxy) is 2. The number of amidine groups is 1. The number of benzene rings is 1. The van der Waals surface area contributed by atoms with E-state index in [2.05, 4.69) is 20.3 Å². The number of hydrogen-bond acceptors (Lipinski definition) is 7. The highest BCUT2D eigenvalue weighted by Gasteiger charge is 2.25. The zero-order valence-corrected chi connectivity index (χ0v) is 16.1. The van der Waals surface area contributed by atoms with E-state index >= 15 is 0 Å². The van der Waals surface area contributed by atoms with Gasteiger partial charge in [-0.25, -0.2) is 13.6 Å². The van der Waals surface area contributed by atoms with E-state index in [0.29, 0.717) is 6.42 Å². The largest absolute Gasteiger partial charge is 0.488 e. The van der Waals surface area contributed by atoms with Gasteiger partial charge in [-0.3, -0.25) is 10.1 Å². The monoisotopic (exact) mass is 411 g/mol. The van der Waals surface area contributed by atoms with Crippen LogP contribution in [0, 0.1) is 11.6 Å². The summed E-state index contributed by atoms with van der Waals surface area (Å²) < 4.78 is 37.7. The lowest BCUT2D eigenvalue weighted by atomic mass is 10.2. The number of nitrogens with one attached hydrogen (secondary N) is 1. The Morgan fingerprint density at radius 2 is 2.00 bits per heavy atom. The Labute approximate surface area is 164 Å². The Balaban J connectivity index is 2.02. The third-order valence-electron chi connectivity index (χ3n) is 3.47. The molecule has 0 aromatic heterocycles. The normalized spacial score (nSPS) is 16.8. The first kappa shape index (κ1) is 21.5. The number of nitrogens with zero attached hydrogens (tertiary/aromatic N) is 2. The van der Waals surface area contributed by atoms with Crippen molar-refractivity contribution < 1.29 is 27.8 Å². The average Bonchev–Trinajstić information content (AvgIpc) is 2.99. The number of unbranched alkanes of at least 4 members (excludes halogenated alkanes) is 2. The molecular weight excluding hydrogens is 392 g/mol. The lowest BCUT2D eigenvalue weighted by molar-refractivity contribution is -0.135. The van der Waals surface area contributed by atoms with Crippen molar-refractivity contribution in [3.63, 3.8) is 0 Å². The summed E-state index contributed by atoms with van der Waals surface area (Å²) in [6, 6.07) is 2.15. The minimum Gasteiger partial charge on any atom is -0.488 e. The lowest BCUT2D eigenvalue weighted by Crippen LogP contribution is -2.19. The second-order valence-corrected chi connectivity index (χ2v) is 6.64. The summed E-state index contributed by atoms with van der Waals surface area (Å²) in [5.74, 6) is -3.29. The summed E-state index contributed by atoms with van der Waals surface area (Å²) in [4.78, 5) is 22.9. The van der Waals surface area contributed by atoms with Crippen LogP contribution in [0.25, 0.3) is 0 Å². The van der Waals surface area contributed by atoms with Crippen molar-refractivity contribution in [2.75, 3.05) is 13.7 Å². The van der Waals surface area contributed by atoms with E-state index in [1.807, 2.05) is 6.92 Å². The molecule has 1 aromatic carbocycles. The molecule has 2 rings (SSSR count). The van der Waals surface area contributed by atoms with Crippen molar-refractivity contribution >= 4 is 35.0 Å². The van der Waals surface area contributed by atoms with Crippen molar-refractivity contribution in [3.8, 4) is 5.75 Å². The van der Waals surface area contributed by atoms with Gasteiger partial charge in [0.25, 0.3) is 5.91 Å². The summed E-state index contributed by atoms with van der Waals surface area (Å²) in [5, 5.41) is 9.97. The van der Waals surface area contributed by atoms with Gasteiger partial charge in [0.2, 0.25) is 0 Å². The van der Waals surface area contributed by atoms with Gasteiger partial charge >= 0.3 is 5.97 Å². The smallest absolute Gasteiger partial charge is 0.331 e. The quantitative estimate of drug-likeness (QED) is 0.233. The van der Waals surface area contributed by atoms with Gasteiger partial charge in [0.15, 0.2) is 22.6 Å². The molecule has 7 nitrogen and oxygen atoms in total. The summed E-state index contributed by atoms with van der Waals surface area (Å²) in [7, 11) is 1.19. The van der Waals surface area contributed by atoms with Crippen LogP contribution in [-0.2, 0) is 14.3 Å². The van der Waals surface area contributed by atoms with Gasteiger partial charge in [-0.15, -0.1) is 5.10 Å². The van der Waals surface area contributed by atoms with Crippen molar-refractivity contribution in [3.05, 3.63) is 40.3 Å². The minimum atomic E-state index is -0.836. The maximum atomic E-state index is 14.0. The Bertz CT molecular complexity index is 817. The van der Waals surface area contributed by atoms with E-state index in [9.17, 15) is 18.4 Å². The van der Waals surface area contributed by atoms with Crippen molar-refractivity contribution in [2.24, 2.45) is 10.2 Å². The fraction of sp³-hybridized carbons (Fsp3) is 0.333. The van der Waals surface area contributed by atoms with Crippen molar-refractivity contribution in [1.29, 1.82) is 0 Å². The first-order valence-corrected chi connectivity index (χ1v) is 9.28. The topological polar surface area (TPSA) is 89.4 Å². The summed E-state index contributed by atoms with van der Waals surface area (Å²) in [5.41, 5.74) is 0.139. The number of carbonyl (C=O) groups excluding carboxylic acids is 2. The molecular formula is C18H19F2N3O4S. The summed E-state index contributed by atoms with van der Waals surface area (Å²) in [6.45, 7) is 2.26. The standard InChI is InChI=1S/C18H19F2N3O4S/c1-3-4-5-6-27-16-12(19)7-11(8-13(16)20)10-21-23-18-22-17(25)14(28-18)9-15(24)26-2/h7-10H,3-6H2,1-2H3,(H,22,23,25)/b14-9+,21-10?. The van der Waals surface area contributed by atoms with Crippen LogP contribution in [-0.4, -0.2) is 37.0 Å². The molecule has 0 unspecified atom stereocenters. The Morgan fingerprint density at radius 1 is 1.29 bits per heavy atom. The van der Waals surface area contributed by atoms with Crippen LogP contribution in [0.1, 0.15) is 31.7 Å². The van der Waals surface area contributed by atoms with E-state index in [1.165, 1.54) is 7.11 Å². The molecule has 10 heteroatoms. The van der Waals surface area contributed by atoms with Crippen LogP contribution in [0.5, 0.6) is 5.75 Å². The Morgan fingerprint density at radius 3 is 2.64 bits per heavy atom. The van der Waals surface area contributed by atoms with E-state index in [1.54, 1.807) is 0 Å². The summed E-state index contributed by atoms with van der Waals surface area (Å²) >= 11 is 0.887. The van der Waals surface area contributed by atoms with Crippen LogP contribution in [0.2, 0.25) is 0 Å². The first-order chi connectivity index (χ1) is 13.4. The lowest BCUT2D eigenvalue weighted by Gasteiger charge is -2.08. The Kier molecular flexibility index (Phi) is 8.12. The highest BCUT2D eigenvalue weighted by molar-refractivity contribution is 8.18. The maximum absolute atomic E-state index is 14.0. The molecule has 1 aliphatic heterocycles. The molecule has 0 radical (unpaired) electrons. The molecule has 0 spiro atoms. The first-order valence-electron chi connectivity index (χ1n) is 8.46. The van der Waals surface area contributed by atoms with E-state index < -0.39 is 29.3 Å². The van der Waals surface area contributed by atoms with Gasteiger partial charge in [-0.05, 0) is 30.3 Å². The molecule has 1 N–H and O–H groups in total. The molecule has 1 fully saturated rings. The maximum Gasteiger partial charge on any atom is 0.331 e. The van der Waals surface area contributed by atoms with Crippen LogP contribution >= 0.6 is 11.8 Å². The number of thioether (sulfide) groups is 1. The van der Waals surface area contributed by atoms with Crippen LogP contribution in [0.4, 0.5) is 8.78 Å². The second kappa shape index (κ2) is 10.5. The Hall–Kier alpha value is -2.75. The van der Waals surface area contributed by atoms with E-state index in [0.717, 1.165) is 49.0 Å². The van der Waals surface area contributed by atoms with Gasteiger partial charge in [-0.1, -0.05) is 19.8 Å². The fourth-order valence-electron chi connectivity index (χ4n) is 2.11. The number of halogens is 2. The molecule has 0 aliphatic carbocycles. The number of methoxy groups -OCH3 is 1. The van der Waals surface area contributed by atoms with E-state index in [-0.39, 0.29) is 22.2 Å². The number of amides is 1. The zero-order chi connectivity index (χ0) is 20.5. The van der Waals surface area contributed by atoms with Gasteiger partial charge in [0.05, 0.1) is 24.8 Å². The minimum absolute atomic E-state index is 0.0995. The number of esters is 1. The number of hydrogen-bond donors (Lipinski definition) is 1. The predicted molar refractivity (Wildman–Crippen MR) is 102 cm³/mol. The number of carbonyl (C=O) groups is 2. The molecule has 1 aliphatic rings. The molecule has 0 bridgehead atoms. The molecule has 1 saturated heterocycles. The molecule has 1 amide bonds. The number of rotatable bonds is 8. The predicted octanol–water partition coefficient (Wildman–Crippen LogP) is 3.14. The molecule has 150 valence electrons. The van der Waals surface area contributed by atoms with Gasteiger partial charge in [0, 0.05) is 11.6 Å². The third-order valence-corrected chi connectivity index (χ3v) is 4.37. The molecule has 0 atom stereocenters. The van der Waals surface area contributed by atoms with Crippen LogP contribution in [0.3, 0.4) is 0 Å². The highest BCUT2D eigenvalue weighted by Crippen LogP contribution is 2.24. The molecule has 0 saturated carbocycles. The summed E-state index contributed by atoms with van der Waals surface area (Å²) in [6.07, 6.45) is 4.77.